The van der Waals surface area contributed by atoms with Crippen molar-refractivity contribution in [1.82, 2.24) is 20.0 Å². The van der Waals surface area contributed by atoms with Gasteiger partial charge in [-0.05, 0) is 43.0 Å². The van der Waals surface area contributed by atoms with Crippen molar-refractivity contribution in [2.45, 2.75) is 25.7 Å². The Morgan fingerprint density at radius 1 is 1.42 bits per heavy atom. The van der Waals surface area contributed by atoms with E-state index in [1.54, 1.807) is 7.11 Å². The van der Waals surface area contributed by atoms with Crippen LogP contribution in [0.3, 0.4) is 0 Å². The molecule has 1 atom stereocenters. The second-order valence-electron chi connectivity index (χ2n) is 6.72. The normalized spacial score (nSPS) is 17.6. The highest BCUT2D eigenvalue weighted by molar-refractivity contribution is 5.80. The van der Waals surface area contributed by atoms with Crippen molar-refractivity contribution in [1.29, 1.82) is 0 Å². The minimum absolute atomic E-state index is 0.533. The molecule has 1 unspecified atom stereocenters. The molecule has 6 heteroatoms. The molecule has 1 aliphatic rings. The number of aliphatic imine (C=N–C) groups is 1. The van der Waals surface area contributed by atoms with E-state index in [0.29, 0.717) is 5.92 Å². The molecule has 0 radical (unpaired) electrons. The highest BCUT2D eigenvalue weighted by Gasteiger charge is 2.26. The number of methoxy groups -OCH3 is 1. The molecule has 2 aromatic rings. The number of nitrogens with zero attached hydrogens (tertiary/aromatic N) is 4. The lowest BCUT2D eigenvalue weighted by atomic mass is 10.0. The number of nitrogens with one attached hydrogen (secondary N) is 1. The van der Waals surface area contributed by atoms with Crippen LogP contribution in [0, 0.1) is 0 Å². The molecule has 2 heterocycles. The van der Waals surface area contributed by atoms with Crippen LogP contribution in [0.2, 0.25) is 0 Å². The quantitative estimate of drug-likeness (QED) is 0.639. The summed E-state index contributed by atoms with van der Waals surface area (Å²) < 4.78 is 7.17. The monoisotopic (exact) mass is 355 g/mol. The average molecular weight is 355 g/mol. The minimum atomic E-state index is 0.533. The first-order chi connectivity index (χ1) is 12.7. The fraction of sp³-hybridized carbons (Fsp3) is 0.500. The third-order valence-electron chi connectivity index (χ3n) is 4.82. The van der Waals surface area contributed by atoms with Crippen molar-refractivity contribution >= 4 is 5.96 Å². The van der Waals surface area contributed by atoms with Gasteiger partial charge in [0.1, 0.15) is 5.75 Å². The van der Waals surface area contributed by atoms with Crippen LogP contribution < -0.4 is 10.1 Å². The largest absolute Gasteiger partial charge is 0.497 e. The fourth-order valence-corrected chi connectivity index (χ4v) is 3.42. The summed E-state index contributed by atoms with van der Waals surface area (Å²) in [6, 6.07) is 8.21. The van der Waals surface area contributed by atoms with E-state index in [9.17, 15) is 0 Å². The summed E-state index contributed by atoms with van der Waals surface area (Å²) in [6.45, 7) is 5.79. The summed E-state index contributed by atoms with van der Waals surface area (Å²) in [4.78, 5) is 7.22. The molecule has 1 aromatic carbocycles. The van der Waals surface area contributed by atoms with E-state index >= 15 is 0 Å². The Balaban J connectivity index is 1.60. The van der Waals surface area contributed by atoms with Crippen LogP contribution in [0.5, 0.6) is 5.75 Å². The van der Waals surface area contributed by atoms with Gasteiger partial charge in [-0.3, -0.25) is 9.67 Å². The molecule has 6 nitrogen and oxygen atoms in total. The Kier molecular flexibility index (Phi) is 6.15. The number of hydrogen-bond acceptors (Lipinski definition) is 3. The summed E-state index contributed by atoms with van der Waals surface area (Å²) in [5, 5.41) is 7.75. The van der Waals surface area contributed by atoms with Crippen LogP contribution in [0.4, 0.5) is 0 Å². The summed E-state index contributed by atoms with van der Waals surface area (Å²) in [7, 11) is 3.67. The van der Waals surface area contributed by atoms with Crippen LogP contribution in [-0.4, -0.2) is 53.9 Å². The number of aryl methyl sites for hydroxylation is 1. The second kappa shape index (κ2) is 8.74. The van der Waals surface area contributed by atoms with Gasteiger partial charge in [0, 0.05) is 45.3 Å². The van der Waals surface area contributed by atoms with Gasteiger partial charge in [-0.2, -0.15) is 5.10 Å². The fourth-order valence-electron chi connectivity index (χ4n) is 3.42. The number of hydrogen-bond donors (Lipinski definition) is 1. The number of ether oxygens (including phenoxy) is 1. The van der Waals surface area contributed by atoms with E-state index in [4.69, 9.17) is 9.73 Å². The molecule has 3 rings (SSSR count). The third kappa shape index (κ3) is 4.56. The molecule has 0 spiro atoms. The average Bonchev–Trinajstić information content (AvgIpc) is 3.30. The van der Waals surface area contributed by atoms with Gasteiger partial charge >= 0.3 is 0 Å². The summed E-state index contributed by atoms with van der Waals surface area (Å²) in [5.74, 6) is 2.45. The van der Waals surface area contributed by atoms with E-state index in [-0.39, 0.29) is 0 Å². The molecule has 1 N–H and O–H groups in total. The van der Waals surface area contributed by atoms with Crippen molar-refractivity contribution in [3.63, 3.8) is 0 Å². The Hall–Kier alpha value is -2.50. The molecule has 26 heavy (non-hydrogen) atoms. The first kappa shape index (κ1) is 18.3. The van der Waals surface area contributed by atoms with Gasteiger partial charge in [-0.15, -0.1) is 0 Å². The highest BCUT2D eigenvalue weighted by atomic mass is 16.5. The van der Waals surface area contributed by atoms with Gasteiger partial charge in [0.05, 0.1) is 13.3 Å². The lowest BCUT2D eigenvalue weighted by Crippen LogP contribution is -2.40. The van der Waals surface area contributed by atoms with Gasteiger partial charge in [-0.1, -0.05) is 12.1 Å². The molecule has 0 saturated carbocycles. The van der Waals surface area contributed by atoms with Crippen LogP contribution in [0.15, 0.2) is 41.7 Å². The predicted molar refractivity (Wildman–Crippen MR) is 105 cm³/mol. The van der Waals surface area contributed by atoms with Crippen molar-refractivity contribution in [3.05, 3.63) is 47.8 Å². The van der Waals surface area contributed by atoms with Crippen LogP contribution >= 0.6 is 0 Å². The number of guanidine groups is 1. The molecule has 1 fully saturated rings. The molecule has 0 aliphatic carbocycles. The van der Waals surface area contributed by atoms with E-state index in [1.165, 1.54) is 11.1 Å². The number of benzene rings is 1. The minimum Gasteiger partial charge on any atom is -0.497 e. The molecule has 1 aliphatic heterocycles. The zero-order valence-corrected chi connectivity index (χ0v) is 16.0. The van der Waals surface area contributed by atoms with Crippen LogP contribution in [0.1, 0.15) is 30.4 Å². The SMILES string of the molecule is CCNC(=NCCc1cccc(OC)c1)N1CCC(c2cnn(C)c2)C1. The van der Waals surface area contributed by atoms with E-state index in [2.05, 4.69) is 40.6 Å². The first-order valence-corrected chi connectivity index (χ1v) is 9.34. The van der Waals surface area contributed by atoms with E-state index < -0.39 is 0 Å². The van der Waals surface area contributed by atoms with Gasteiger partial charge in [0.15, 0.2) is 5.96 Å². The summed E-state index contributed by atoms with van der Waals surface area (Å²) >= 11 is 0. The maximum atomic E-state index is 5.29. The standard InChI is InChI=1S/C20H29N5O/c1-4-21-20(22-10-8-16-6-5-7-19(12-16)26-3)25-11-9-17(15-25)18-13-23-24(2)14-18/h5-7,12-14,17H,4,8-11,15H2,1-3H3,(H,21,22). The molecule has 1 saturated heterocycles. The maximum Gasteiger partial charge on any atom is 0.193 e. The lowest BCUT2D eigenvalue weighted by molar-refractivity contribution is 0.414. The van der Waals surface area contributed by atoms with Crippen molar-refractivity contribution in [2.24, 2.45) is 12.0 Å². The highest BCUT2D eigenvalue weighted by Crippen LogP contribution is 2.26. The molecule has 0 bridgehead atoms. The Labute approximate surface area is 155 Å². The van der Waals surface area contributed by atoms with Crippen molar-refractivity contribution in [3.8, 4) is 5.75 Å². The van der Waals surface area contributed by atoms with Crippen LogP contribution in [0.25, 0.3) is 0 Å². The molecule has 140 valence electrons. The lowest BCUT2D eigenvalue weighted by Gasteiger charge is -2.21. The third-order valence-corrected chi connectivity index (χ3v) is 4.82. The van der Waals surface area contributed by atoms with Crippen molar-refractivity contribution in [2.75, 3.05) is 33.3 Å². The number of aromatic nitrogens is 2. The molecule has 0 amide bonds. The number of rotatable bonds is 6. The smallest absolute Gasteiger partial charge is 0.193 e. The Morgan fingerprint density at radius 3 is 3.04 bits per heavy atom. The van der Waals surface area contributed by atoms with Gasteiger partial charge in [-0.25, -0.2) is 0 Å². The van der Waals surface area contributed by atoms with Gasteiger partial charge in [0.2, 0.25) is 0 Å². The topological polar surface area (TPSA) is 54.7 Å². The number of likely N-dealkylation sites (tertiary alicyclic amines) is 1. The van der Waals surface area contributed by atoms with E-state index in [1.807, 2.05) is 30.1 Å². The Morgan fingerprint density at radius 2 is 2.31 bits per heavy atom. The predicted octanol–water partition coefficient (Wildman–Crippen LogP) is 2.43. The Bertz CT molecular complexity index is 739. The van der Waals surface area contributed by atoms with Crippen LogP contribution in [-0.2, 0) is 13.5 Å². The molecular weight excluding hydrogens is 326 g/mol. The zero-order chi connectivity index (χ0) is 18.4. The summed E-state index contributed by atoms with van der Waals surface area (Å²) in [5.41, 5.74) is 2.57. The first-order valence-electron chi connectivity index (χ1n) is 9.34. The van der Waals surface area contributed by atoms with Gasteiger partial charge < -0.3 is 15.0 Å². The van der Waals surface area contributed by atoms with Gasteiger partial charge in [0.25, 0.3) is 0 Å². The molecular formula is C20H29N5O. The summed E-state index contributed by atoms with van der Waals surface area (Å²) in [6.07, 6.45) is 6.17. The molecule has 1 aromatic heterocycles. The zero-order valence-electron chi connectivity index (χ0n) is 16.0. The van der Waals surface area contributed by atoms with E-state index in [0.717, 1.165) is 50.7 Å². The van der Waals surface area contributed by atoms with Crippen molar-refractivity contribution < 1.29 is 4.74 Å². The maximum absolute atomic E-state index is 5.29. The second-order valence-corrected chi connectivity index (χ2v) is 6.72.